The molecule has 1 aromatic carbocycles. The highest BCUT2D eigenvalue weighted by Crippen LogP contribution is 2.25. The number of para-hydroxylation sites is 1. The summed E-state index contributed by atoms with van der Waals surface area (Å²) in [7, 11) is 0. The first kappa shape index (κ1) is 13.0. The number of H-pyrrole nitrogens is 1. The van der Waals surface area contributed by atoms with Gasteiger partial charge in [0.05, 0.1) is 11.7 Å². The number of nitrogens with one attached hydrogen (secondary N) is 1. The highest BCUT2D eigenvalue weighted by molar-refractivity contribution is 5.80. The number of aromatic nitrogens is 5. The second-order valence-electron chi connectivity index (χ2n) is 5.72. The Kier molecular flexibility index (Phi) is 2.92. The first-order chi connectivity index (χ1) is 10.7. The van der Waals surface area contributed by atoms with E-state index in [1.165, 1.54) is 0 Å². The normalized spacial score (nSPS) is 17.7. The van der Waals surface area contributed by atoms with Crippen LogP contribution in [-0.2, 0) is 17.9 Å². The molecule has 7 nitrogen and oxygen atoms in total. The van der Waals surface area contributed by atoms with Crippen LogP contribution in [0.1, 0.15) is 24.1 Å². The van der Waals surface area contributed by atoms with Gasteiger partial charge in [-0.2, -0.15) is 5.10 Å². The summed E-state index contributed by atoms with van der Waals surface area (Å²) in [6.45, 7) is 3.60. The number of carbonyl (C=O) groups excluding carboxylic acids is 1. The van der Waals surface area contributed by atoms with E-state index < -0.39 is 0 Å². The lowest BCUT2D eigenvalue weighted by atomic mass is 9.98. The number of benzene rings is 1. The molecule has 22 heavy (non-hydrogen) atoms. The van der Waals surface area contributed by atoms with Gasteiger partial charge in [-0.25, -0.2) is 4.68 Å². The van der Waals surface area contributed by atoms with Crippen molar-refractivity contribution >= 4 is 16.9 Å². The number of carbonyl (C=O) groups is 1. The summed E-state index contributed by atoms with van der Waals surface area (Å²) >= 11 is 0. The minimum absolute atomic E-state index is 0.0503. The van der Waals surface area contributed by atoms with E-state index in [0.29, 0.717) is 13.1 Å². The Bertz CT molecular complexity index is 835. The van der Waals surface area contributed by atoms with Gasteiger partial charge in [-0.05, 0) is 12.1 Å². The lowest BCUT2D eigenvalue weighted by Crippen LogP contribution is -2.39. The van der Waals surface area contributed by atoms with Crippen molar-refractivity contribution < 1.29 is 4.79 Å². The van der Waals surface area contributed by atoms with E-state index in [0.717, 1.165) is 22.3 Å². The van der Waals surface area contributed by atoms with Crippen LogP contribution in [0.5, 0.6) is 0 Å². The van der Waals surface area contributed by atoms with Crippen molar-refractivity contribution in [3.05, 3.63) is 41.7 Å². The van der Waals surface area contributed by atoms with E-state index in [1.54, 1.807) is 10.9 Å². The van der Waals surface area contributed by atoms with Crippen LogP contribution in [0.4, 0.5) is 0 Å². The zero-order chi connectivity index (χ0) is 15.1. The van der Waals surface area contributed by atoms with Crippen LogP contribution in [0.15, 0.2) is 30.5 Å². The molecule has 4 rings (SSSR count). The maximum Gasteiger partial charge on any atom is 0.244 e. The first-order valence-electron chi connectivity index (χ1n) is 7.30. The summed E-state index contributed by atoms with van der Waals surface area (Å²) in [6, 6.07) is 7.66. The van der Waals surface area contributed by atoms with Crippen molar-refractivity contribution in [3.8, 4) is 0 Å². The third-order valence-electron chi connectivity index (χ3n) is 4.16. The Hall–Kier alpha value is -2.70. The summed E-state index contributed by atoms with van der Waals surface area (Å²) < 4.78 is 1.66. The summed E-state index contributed by atoms with van der Waals surface area (Å²) in [6.07, 6.45) is 1.80. The van der Waals surface area contributed by atoms with E-state index >= 15 is 0 Å². The molecule has 1 aliphatic heterocycles. The largest absolute Gasteiger partial charge is 0.336 e. The zero-order valence-corrected chi connectivity index (χ0v) is 12.2. The molecule has 3 heterocycles. The summed E-state index contributed by atoms with van der Waals surface area (Å²) in [5.41, 5.74) is 3.91. The van der Waals surface area contributed by atoms with Gasteiger partial charge in [0.1, 0.15) is 12.1 Å². The molecule has 112 valence electrons. The number of fused-ring (bicyclic) bond motifs is 2. The van der Waals surface area contributed by atoms with Crippen molar-refractivity contribution in [1.29, 1.82) is 0 Å². The minimum Gasteiger partial charge on any atom is -0.336 e. The SMILES string of the molecule is CC1CN(C(=O)Cn2nnc3ccccc32)Cc2cn[nH]c21. The van der Waals surface area contributed by atoms with Gasteiger partial charge in [-0.15, -0.1) is 5.10 Å². The van der Waals surface area contributed by atoms with Crippen LogP contribution < -0.4 is 0 Å². The molecule has 0 saturated heterocycles. The predicted molar refractivity (Wildman–Crippen MR) is 79.9 cm³/mol. The fourth-order valence-corrected chi connectivity index (χ4v) is 3.02. The van der Waals surface area contributed by atoms with Crippen molar-refractivity contribution in [1.82, 2.24) is 30.1 Å². The standard InChI is InChI=1S/C15H16N6O/c1-10-7-20(8-11-6-16-18-15(10)11)14(22)9-21-13-5-3-2-4-12(13)17-19-21/h2-6,10H,7-9H2,1H3,(H,16,18). The molecule has 2 aromatic heterocycles. The topological polar surface area (TPSA) is 79.7 Å². The summed E-state index contributed by atoms with van der Waals surface area (Å²) in [4.78, 5) is 14.5. The van der Waals surface area contributed by atoms with Gasteiger partial charge in [0.15, 0.2) is 0 Å². The van der Waals surface area contributed by atoms with E-state index in [1.807, 2.05) is 29.2 Å². The average molecular weight is 296 g/mol. The second-order valence-corrected chi connectivity index (χ2v) is 5.72. The molecule has 7 heteroatoms. The molecular weight excluding hydrogens is 280 g/mol. The maximum atomic E-state index is 12.6. The van der Waals surface area contributed by atoms with E-state index in [9.17, 15) is 4.79 Å². The van der Waals surface area contributed by atoms with Crippen LogP contribution in [0.25, 0.3) is 11.0 Å². The van der Waals surface area contributed by atoms with Crippen LogP contribution >= 0.6 is 0 Å². The Morgan fingerprint density at radius 1 is 1.41 bits per heavy atom. The molecule has 1 atom stereocenters. The van der Waals surface area contributed by atoms with Gasteiger partial charge < -0.3 is 4.90 Å². The molecular formula is C15H16N6O. The van der Waals surface area contributed by atoms with Gasteiger partial charge in [-0.3, -0.25) is 9.89 Å². The predicted octanol–water partition coefficient (Wildman–Crippen LogP) is 1.30. The minimum atomic E-state index is 0.0503. The number of nitrogens with zero attached hydrogens (tertiary/aromatic N) is 5. The summed E-state index contributed by atoms with van der Waals surface area (Å²) in [5, 5.41) is 15.3. The van der Waals surface area contributed by atoms with Crippen LogP contribution in [0.3, 0.4) is 0 Å². The molecule has 1 N–H and O–H groups in total. The Morgan fingerprint density at radius 3 is 3.18 bits per heavy atom. The number of rotatable bonds is 2. The molecule has 1 amide bonds. The van der Waals surface area contributed by atoms with E-state index in [4.69, 9.17) is 0 Å². The van der Waals surface area contributed by atoms with Crippen LogP contribution in [-0.4, -0.2) is 42.5 Å². The number of hydrogen-bond acceptors (Lipinski definition) is 4. The molecule has 0 aliphatic carbocycles. The molecule has 0 bridgehead atoms. The van der Waals surface area contributed by atoms with E-state index in [-0.39, 0.29) is 18.4 Å². The molecule has 1 aliphatic rings. The second kappa shape index (κ2) is 4.94. The molecule has 0 radical (unpaired) electrons. The fraction of sp³-hybridized carbons (Fsp3) is 0.333. The average Bonchev–Trinajstić information content (AvgIpc) is 3.15. The number of amides is 1. The highest BCUT2D eigenvalue weighted by Gasteiger charge is 2.27. The van der Waals surface area contributed by atoms with Gasteiger partial charge in [0.2, 0.25) is 5.91 Å². The van der Waals surface area contributed by atoms with E-state index in [2.05, 4.69) is 27.4 Å². The monoisotopic (exact) mass is 296 g/mol. The van der Waals surface area contributed by atoms with Crippen molar-refractivity contribution in [2.45, 2.75) is 25.9 Å². The zero-order valence-electron chi connectivity index (χ0n) is 12.2. The highest BCUT2D eigenvalue weighted by atomic mass is 16.2. The molecule has 0 fully saturated rings. The number of hydrogen-bond donors (Lipinski definition) is 1. The van der Waals surface area contributed by atoms with Gasteiger partial charge in [0.25, 0.3) is 0 Å². The van der Waals surface area contributed by atoms with Crippen molar-refractivity contribution in [3.63, 3.8) is 0 Å². The van der Waals surface area contributed by atoms with Gasteiger partial charge in [0, 0.05) is 30.3 Å². The lowest BCUT2D eigenvalue weighted by Gasteiger charge is -2.30. The lowest BCUT2D eigenvalue weighted by molar-refractivity contribution is -0.133. The number of aromatic amines is 1. The Morgan fingerprint density at radius 2 is 2.27 bits per heavy atom. The Labute approximate surface area is 126 Å². The van der Waals surface area contributed by atoms with Gasteiger partial charge in [-0.1, -0.05) is 24.3 Å². The first-order valence-corrected chi connectivity index (χ1v) is 7.30. The van der Waals surface area contributed by atoms with Crippen molar-refractivity contribution in [2.24, 2.45) is 0 Å². The van der Waals surface area contributed by atoms with Crippen LogP contribution in [0, 0.1) is 0 Å². The van der Waals surface area contributed by atoms with Gasteiger partial charge >= 0.3 is 0 Å². The van der Waals surface area contributed by atoms with Crippen molar-refractivity contribution in [2.75, 3.05) is 6.54 Å². The third kappa shape index (κ3) is 2.05. The molecule has 0 saturated carbocycles. The van der Waals surface area contributed by atoms with Crippen LogP contribution in [0.2, 0.25) is 0 Å². The quantitative estimate of drug-likeness (QED) is 0.773. The Balaban J connectivity index is 1.56. The third-order valence-corrected chi connectivity index (χ3v) is 4.16. The fourth-order valence-electron chi connectivity index (χ4n) is 3.02. The molecule has 3 aromatic rings. The molecule has 1 unspecified atom stereocenters. The summed E-state index contributed by atoms with van der Waals surface area (Å²) in [5.74, 6) is 0.317. The maximum absolute atomic E-state index is 12.6. The molecule has 0 spiro atoms. The smallest absolute Gasteiger partial charge is 0.244 e.